The van der Waals surface area contributed by atoms with Crippen LogP contribution in [0.25, 0.3) is 0 Å². The summed E-state index contributed by atoms with van der Waals surface area (Å²) in [4.78, 5) is 26.3. The topological polar surface area (TPSA) is 84.4 Å². The Balaban J connectivity index is 1.43. The summed E-state index contributed by atoms with van der Waals surface area (Å²) in [6.07, 6.45) is 1.65. The van der Waals surface area contributed by atoms with E-state index in [0.717, 1.165) is 29.1 Å². The average molecular weight is 372 g/mol. The summed E-state index contributed by atoms with van der Waals surface area (Å²) in [5.41, 5.74) is 2.03. The number of amides is 2. The second-order valence-electron chi connectivity index (χ2n) is 6.68. The number of aromatic nitrogens is 2. The number of anilines is 2. The number of ether oxygens (including phenoxy) is 1. The summed E-state index contributed by atoms with van der Waals surface area (Å²) in [7, 11) is 0. The van der Waals surface area contributed by atoms with E-state index in [0.29, 0.717) is 24.7 Å². The number of hydrogen-bond acceptors (Lipinski definition) is 6. The molecule has 1 aromatic carbocycles. The zero-order valence-corrected chi connectivity index (χ0v) is 15.3. The van der Waals surface area contributed by atoms with Crippen LogP contribution in [-0.2, 0) is 14.3 Å². The molecule has 0 unspecified atom stereocenters. The quantitative estimate of drug-likeness (QED) is 0.891. The van der Waals surface area contributed by atoms with Crippen LogP contribution in [0.15, 0.2) is 24.3 Å². The molecule has 2 amide bonds. The molecule has 2 atom stereocenters. The molecule has 2 saturated heterocycles. The Morgan fingerprint density at radius 1 is 1.38 bits per heavy atom. The predicted octanol–water partition coefficient (Wildman–Crippen LogP) is 2.48. The standard InChI is InChI=1S/C18H20N4O3S/c1-11-4-2-5-13(8-11)22-10-12(9-15(22)23)17-20-21-18(26-17)19-16(24)14-6-3-7-25-14/h2,4-5,8,12,14H,3,6-7,9-10H2,1H3,(H,19,21,24)/t12-,14+/m1/s1. The van der Waals surface area contributed by atoms with Crippen LogP contribution in [0, 0.1) is 6.92 Å². The molecule has 2 aliphatic heterocycles. The largest absolute Gasteiger partial charge is 0.368 e. The van der Waals surface area contributed by atoms with Gasteiger partial charge in [-0.15, -0.1) is 10.2 Å². The van der Waals surface area contributed by atoms with Gasteiger partial charge in [0.1, 0.15) is 11.1 Å². The van der Waals surface area contributed by atoms with Crippen molar-refractivity contribution in [2.45, 2.75) is 38.2 Å². The zero-order valence-electron chi connectivity index (χ0n) is 14.5. The molecule has 7 nitrogen and oxygen atoms in total. The first-order chi connectivity index (χ1) is 12.6. The van der Waals surface area contributed by atoms with Crippen molar-refractivity contribution in [2.24, 2.45) is 0 Å². The fourth-order valence-electron chi connectivity index (χ4n) is 3.34. The molecule has 3 heterocycles. The summed E-state index contributed by atoms with van der Waals surface area (Å²) >= 11 is 1.33. The van der Waals surface area contributed by atoms with Gasteiger partial charge in [0.15, 0.2) is 0 Å². The molecule has 0 aliphatic carbocycles. The van der Waals surface area contributed by atoms with Crippen molar-refractivity contribution in [3.63, 3.8) is 0 Å². The number of nitrogens with zero attached hydrogens (tertiary/aromatic N) is 3. The third kappa shape index (κ3) is 3.47. The number of nitrogens with one attached hydrogen (secondary N) is 1. The Labute approximate surface area is 155 Å². The Morgan fingerprint density at radius 3 is 3.04 bits per heavy atom. The molecule has 0 bridgehead atoms. The normalized spacial score (nSPS) is 22.8. The maximum Gasteiger partial charge on any atom is 0.255 e. The van der Waals surface area contributed by atoms with E-state index in [2.05, 4.69) is 15.5 Å². The highest BCUT2D eigenvalue weighted by atomic mass is 32.1. The van der Waals surface area contributed by atoms with Gasteiger partial charge >= 0.3 is 0 Å². The maximum absolute atomic E-state index is 12.4. The number of hydrogen-bond donors (Lipinski definition) is 1. The minimum absolute atomic E-state index is 0.00565. The average Bonchev–Trinajstić information content (AvgIpc) is 3.35. The summed E-state index contributed by atoms with van der Waals surface area (Å²) in [6, 6.07) is 7.92. The Hall–Kier alpha value is -2.32. The summed E-state index contributed by atoms with van der Waals surface area (Å²) in [6.45, 7) is 3.21. The van der Waals surface area contributed by atoms with Crippen molar-refractivity contribution >= 4 is 34.0 Å². The van der Waals surface area contributed by atoms with E-state index in [1.165, 1.54) is 11.3 Å². The van der Waals surface area contributed by atoms with Crippen LogP contribution in [0.1, 0.15) is 35.8 Å². The lowest BCUT2D eigenvalue weighted by molar-refractivity contribution is -0.124. The lowest BCUT2D eigenvalue weighted by Crippen LogP contribution is -2.26. The lowest BCUT2D eigenvalue weighted by Gasteiger charge is -2.16. The first-order valence-electron chi connectivity index (χ1n) is 8.73. The van der Waals surface area contributed by atoms with E-state index >= 15 is 0 Å². The Bertz CT molecular complexity index is 831. The zero-order chi connectivity index (χ0) is 18.1. The molecular weight excluding hydrogens is 352 g/mol. The second-order valence-corrected chi connectivity index (χ2v) is 7.69. The van der Waals surface area contributed by atoms with Crippen molar-refractivity contribution in [2.75, 3.05) is 23.4 Å². The SMILES string of the molecule is Cc1cccc(N2C[C@H](c3nnc(NC(=O)[C@@H]4CCCO4)s3)CC2=O)c1. The Morgan fingerprint density at radius 2 is 2.27 bits per heavy atom. The number of benzene rings is 1. The lowest BCUT2D eigenvalue weighted by atomic mass is 10.1. The van der Waals surface area contributed by atoms with Crippen LogP contribution in [0.4, 0.5) is 10.8 Å². The second kappa shape index (κ2) is 7.13. The molecule has 26 heavy (non-hydrogen) atoms. The van der Waals surface area contributed by atoms with Crippen molar-refractivity contribution < 1.29 is 14.3 Å². The molecule has 0 spiro atoms. The monoisotopic (exact) mass is 372 g/mol. The molecule has 8 heteroatoms. The van der Waals surface area contributed by atoms with E-state index in [1.807, 2.05) is 31.2 Å². The van der Waals surface area contributed by atoms with Gasteiger partial charge in [-0.2, -0.15) is 0 Å². The first-order valence-corrected chi connectivity index (χ1v) is 9.55. The minimum Gasteiger partial charge on any atom is -0.368 e. The van der Waals surface area contributed by atoms with Crippen LogP contribution in [-0.4, -0.2) is 41.3 Å². The fourth-order valence-corrected chi connectivity index (χ4v) is 4.18. The van der Waals surface area contributed by atoms with E-state index < -0.39 is 6.10 Å². The van der Waals surface area contributed by atoms with Gasteiger partial charge in [-0.3, -0.25) is 14.9 Å². The molecule has 1 N–H and O–H groups in total. The van der Waals surface area contributed by atoms with Crippen molar-refractivity contribution in [1.29, 1.82) is 0 Å². The fraction of sp³-hybridized carbons (Fsp3) is 0.444. The third-order valence-electron chi connectivity index (χ3n) is 4.68. The van der Waals surface area contributed by atoms with E-state index in [4.69, 9.17) is 4.74 Å². The van der Waals surface area contributed by atoms with Gasteiger partial charge in [-0.25, -0.2) is 0 Å². The highest BCUT2D eigenvalue weighted by Gasteiger charge is 2.34. The molecule has 2 aromatic rings. The van der Waals surface area contributed by atoms with Crippen molar-refractivity contribution in [3.05, 3.63) is 34.8 Å². The molecular formula is C18H20N4O3S. The molecule has 1 aromatic heterocycles. The van der Waals surface area contributed by atoms with Gasteiger partial charge in [0.2, 0.25) is 11.0 Å². The van der Waals surface area contributed by atoms with Crippen molar-refractivity contribution in [1.82, 2.24) is 10.2 Å². The molecule has 0 radical (unpaired) electrons. The van der Waals surface area contributed by atoms with Crippen molar-refractivity contribution in [3.8, 4) is 0 Å². The molecule has 2 aliphatic rings. The van der Waals surface area contributed by atoms with E-state index in [-0.39, 0.29) is 17.7 Å². The minimum atomic E-state index is -0.396. The number of aryl methyl sites for hydroxylation is 1. The van der Waals surface area contributed by atoms with E-state index in [9.17, 15) is 9.59 Å². The summed E-state index contributed by atoms with van der Waals surface area (Å²) in [5.74, 6) is -0.0938. The van der Waals surface area contributed by atoms with Crippen LogP contribution < -0.4 is 10.2 Å². The van der Waals surface area contributed by atoms with Gasteiger partial charge in [0.25, 0.3) is 5.91 Å². The van der Waals surface area contributed by atoms with Gasteiger partial charge in [0.05, 0.1) is 0 Å². The van der Waals surface area contributed by atoms with Gasteiger partial charge in [-0.1, -0.05) is 23.5 Å². The van der Waals surface area contributed by atoms with Crippen LogP contribution in [0.5, 0.6) is 0 Å². The van der Waals surface area contributed by atoms with Crippen LogP contribution in [0.3, 0.4) is 0 Å². The molecule has 136 valence electrons. The Kier molecular flexibility index (Phi) is 4.69. The highest BCUT2D eigenvalue weighted by molar-refractivity contribution is 7.15. The molecule has 0 saturated carbocycles. The molecule has 4 rings (SSSR count). The van der Waals surface area contributed by atoms with E-state index in [1.54, 1.807) is 4.90 Å². The number of rotatable bonds is 4. The maximum atomic E-state index is 12.4. The number of carbonyl (C=O) groups excluding carboxylic acids is 2. The van der Waals surface area contributed by atoms with Crippen LogP contribution >= 0.6 is 11.3 Å². The van der Waals surface area contributed by atoms with Gasteiger partial charge < -0.3 is 9.64 Å². The number of carbonyl (C=O) groups is 2. The highest BCUT2D eigenvalue weighted by Crippen LogP contribution is 2.34. The first kappa shape index (κ1) is 17.1. The van der Waals surface area contributed by atoms with Crippen LogP contribution in [0.2, 0.25) is 0 Å². The summed E-state index contributed by atoms with van der Waals surface area (Å²) in [5, 5.41) is 12.3. The van der Waals surface area contributed by atoms with Gasteiger partial charge in [0, 0.05) is 31.2 Å². The third-order valence-corrected chi connectivity index (χ3v) is 5.68. The predicted molar refractivity (Wildman–Crippen MR) is 98.4 cm³/mol. The van der Waals surface area contributed by atoms with Gasteiger partial charge in [-0.05, 0) is 37.5 Å². The molecule has 2 fully saturated rings. The smallest absolute Gasteiger partial charge is 0.255 e. The summed E-state index contributed by atoms with van der Waals surface area (Å²) < 4.78 is 5.37.